The van der Waals surface area contributed by atoms with Crippen molar-refractivity contribution in [3.63, 3.8) is 0 Å². The number of nitrogens with zero attached hydrogens (tertiary/aromatic N) is 4. The Morgan fingerprint density at radius 3 is 2.55 bits per heavy atom. The Bertz CT molecular complexity index is 1050. The van der Waals surface area contributed by atoms with Gasteiger partial charge in [-0.05, 0) is 70.0 Å². The van der Waals surface area contributed by atoms with Gasteiger partial charge in [0.25, 0.3) is 0 Å². The molecule has 8 heteroatoms. The third kappa shape index (κ3) is 4.81. The third-order valence-electron chi connectivity index (χ3n) is 5.11. The number of nitrogens with one attached hydrogen (secondary N) is 1. The Morgan fingerprint density at radius 1 is 1.19 bits per heavy atom. The highest BCUT2D eigenvalue weighted by Gasteiger charge is 2.22. The van der Waals surface area contributed by atoms with E-state index in [1.165, 1.54) is 12.8 Å². The van der Waals surface area contributed by atoms with Crippen LogP contribution in [0.3, 0.4) is 0 Å². The maximum Gasteiger partial charge on any atom is 0.245 e. The Hall–Kier alpha value is -3.51. The predicted octanol–water partition coefficient (Wildman–Crippen LogP) is 3.11. The van der Waals surface area contributed by atoms with Crippen LogP contribution in [0.15, 0.2) is 53.8 Å². The minimum Gasteiger partial charge on any atom is -0.488 e. The molecular formula is C23H28N6O2. The second-order valence-electron chi connectivity index (χ2n) is 8.72. The van der Waals surface area contributed by atoms with Crippen LogP contribution in [0, 0.1) is 0 Å². The molecule has 0 amide bonds. The van der Waals surface area contributed by atoms with Gasteiger partial charge in [0.1, 0.15) is 17.3 Å². The van der Waals surface area contributed by atoms with Gasteiger partial charge in [0.2, 0.25) is 11.9 Å². The molecule has 0 saturated carbocycles. The molecule has 0 radical (unpaired) electrons. The molecule has 1 unspecified atom stereocenters. The largest absolute Gasteiger partial charge is 0.488 e. The highest BCUT2D eigenvalue weighted by Crippen LogP contribution is 2.25. The summed E-state index contributed by atoms with van der Waals surface area (Å²) in [6, 6.07) is 7.13. The Morgan fingerprint density at radius 2 is 1.90 bits per heavy atom. The fraction of sp³-hybridized carbons (Fsp3) is 0.391. The monoisotopic (exact) mass is 420 g/mol. The number of ether oxygens (including phenoxy) is 1. The molecule has 0 bridgehead atoms. The number of aromatic nitrogens is 3. The normalized spacial score (nSPS) is 18.7. The summed E-state index contributed by atoms with van der Waals surface area (Å²) in [6.07, 6.45) is 8.19. The van der Waals surface area contributed by atoms with E-state index in [0.717, 1.165) is 30.2 Å². The lowest BCUT2D eigenvalue weighted by molar-refractivity contribution is 0.131. The van der Waals surface area contributed by atoms with E-state index in [4.69, 9.17) is 10.5 Å². The van der Waals surface area contributed by atoms with E-state index in [1.807, 2.05) is 69.2 Å². The minimum atomic E-state index is -0.360. The van der Waals surface area contributed by atoms with Gasteiger partial charge < -0.3 is 20.7 Å². The first-order valence-corrected chi connectivity index (χ1v) is 10.5. The Kier molecular flexibility index (Phi) is 5.57. The lowest BCUT2D eigenvalue weighted by Crippen LogP contribution is -2.26. The van der Waals surface area contributed by atoms with E-state index in [2.05, 4.69) is 20.3 Å². The van der Waals surface area contributed by atoms with Crippen LogP contribution in [0.4, 0.5) is 11.9 Å². The fourth-order valence-corrected chi connectivity index (χ4v) is 3.71. The topological polar surface area (TPSA) is 98.3 Å². The molecule has 0 spiro atoms. The maximum absolute atomic E-state index is 11.6. The summed E-state index contributed by atoms with van der Waals surface area (Å²) in [7, 11) is 0. The van der Waals surface area contributed by atoms with Gasteiger partial charge in [-0.3, -0.25) is 0 Å². The van der Waals surface area contributed by atoms with Gasteiger partial charge >= 0.3 is 0 Å². The third-order valence-corrected chi connectivity index (χ3v) is 5.11. The quantitative estimate of drug-likeness (QED) is 0.717. The van der Waals surface area contributed by atoms with E-state index in [9.17, 15) is 4.79 Å². The molecule has 3 N–H and O–H groups in total. The molecule has 1 aliphatic carbocycles. The van der Waals surface area contributed by atoms with Crippen molar-refractivity contribution in [1.82, 2.24) is 19.7 Å². The van der Waals surface area contributed by atoms with E-state index >= 15 is 0 Å². The molecule has 1 fully saturated rings. The van der Waals surface area contributed by atoms with Crippen LogP contribution in [0.25, 0.3) is 5.69 Å². The molecule has 1 atom stereocenters. The summed E-state index contributed by atoms with van der Waals surface area (Å²) >= 11 is 0. The van der Waals surface area contributed by atoms with Crippen molar-refractivity contribution in [3.05, 3.63) is 53.8 Å². The number of carbonyl (C=O) groups excluding carboxylic acids is 1. The molecule has 162 valence electrons. The van der Waals surface area contributed by atoms with Crippen molar-refractivity contribution >= 4 is 17.8 Å². The van der Waals surface area contributed by atoms with Crippen molar-refractivity contribution in [3.8, 4) is 11.4 Å². The van der Waals surface area contributed by atoms with Crippen LogP contribution in [0.2, 0.25) is 0 Å². The second kappa shape index (κ2) is 8.32. The van der Waals surface area contributed by atoms with Gasteiger partial charge in [0.15, 0.2) is 0 Å². The van der Waals surface area contributed by atoms with E-state index in [0.29, 0.717) is 11.5 Å². The summed E-state index contributed by atoms with van der Waals surface area (Å²) in [5.74, 6) is 3.40. The average Bonchev–Trinajstić information content (AvgIpc) is 3.38. The highest BCUT2D eigenvalue weighted by atomic mass is 16.5. The molecule has 1 aliphatic heterocycles. The number of nitrogens with two attached hydrogens (primary N) is 1. The summed E-state index contributed by atoms with van der Waals surface area (Å²) in [6.45, 7) is 8.03. The first-order valence-electron chi connectivity index (χ1n) is 10.5. The first kappa shape index (κ1) is 20.8. The predicted molar refractivity (Wildman–Crippen MR) is 121 cm³/mol. The minimum absolute atomic E-state index is 0.247. The van der Waals surface area contributed by atoms with Crippen LogP contribution in [-0.2, 0) is 4.79 Å². The average molecular weight is 421 g/mol. The molecule has 4 rings (SSSR count). The SMILES string of the molecule is CC(C)(C)Oc1ccc(-n2nc(NC3C=CC(N4CCCC4)=CC3=C=O)nc2N)cc1. The van der Waals surface area contributed by atoms with Crippen molar-refractivity contribution < 1.29 is 9.53 Å². The highest BCUT2D eigenvalue weighted by molar-refractivity contribution is 5.65. The van der Waals surface area contributed by atoms with Crippen molar-refractivity contribution in [1.29, 1.82) is 0 Å². The van der Waals surface area contributed by atoms with Gasteiger partial charge in [0, 0.05) is 18.8 Å². The van der Waals surface area contributed by atoms with Crippen molar-refractivity contribution in [2.24, 2.45) is 0 Å². The van der Waals surface area contributed by atoms with Crippen LogP contribution in [0.5, 0.6) is 5.75 Å². The molecular weight excluding hydrogens is 392 g/mol. The summed E-state index contributed by atoms with van der Waals surface area (Å²) in [5, 5.41) is 7.63. The number of benzene rings is 1. The Balaban J connectivity index is 1.48. The second-order valence-corrected chi connectivity index (χ2v) is 8.72. The van der Waals surface area contributed by atoms with Crippen molar-refractivity contribution in [2.75, 3.05) is 24.1 Å². The van der Waals surface area contributed by atoms with Crippen LogP contribution in [0.1, 0.15) is 33.6 Å². The summed E-state index contributed by atoms with van der Waals surface area (Å²) in [4.78, 5) is 18.2. The summed E-state index contributed by atoms with van der Waals surface area (Å²) < 4.78 is 7.40. The molecule has 8 nitrogen and oxygen atoms in total. The number of hydrogen-bond donors (Lipinski definition) is 2. The van der Waals surface area contributed by atoms with Gasteiger partial charge in [-0.15, -0.1) is 5.10 Å². The zero-order valence-corrected chi connectivity index (χ0v) is 18.1. The van der Waals surface area contributed by atoms with Crippen LogP contribution < -0.4 is 15.8 Å². The van der Waals surface area contributed by atoms with Crippen LogP contribution >= 0.6 is 0 Å². The van der Waals surface area contributed by atoms with Gasteiger partial charge in [-0.1, -0.05) is 6.08 Å². The van der Waals surface area contributed by atoms with Crippen LogP contribution in [-0.4, -0.2) is 50.3 Å². The molecule has 31 heavy (non-hydrogen) atoms. The van der Waals surface area contributed by atoms with E-state index in [-0.39, 0.29) is 17.6 Å². The lowest BCUT2D eigenvalue weighted by Gasteiger charge is -2.24. The number of hydrogen-bond acceptors (Lipinski definition) is 7. The number of nitrogen functional groups attached to an aromatic ring is 1. The summed E-state index contributed by atoms with van der Waals surface area (Å²) in [5.41, 5.74) is 8.14. The molecule has 1 aromatic heterocycles. The number of anilines is 2. The standard InChI is InChI=1S/C23H28N6O2/c1-23(2,3)31-19-9-6-17(7-10-19)29-21(24)26-22(27-29)25-20-11-8-18(14-16(20)15-30)28-12-4-5-13-28/h6-11,14,20H,4-5,12-13H2,1-3H3,(H3,24,25,26,27). The van der Waals surface area contributed by atoms with Crippen molar-refractivity contribution in [2.45, 2.75) is 45.3 Å². The Labute approximate surface area is 182 Å². The first-order chi connectivity index (χ1) is 14.8. The van der Waals surface area contributed by atoms with E-state index < -0.39 is 0 Å². The smallest absolute Gasteiger partial charge is 0.245 e. The van der Waals surface area contributed by atoms with E-state index in [1.54, 1.807) is 4.68 Å². The number of rotatable bonds is 5. The zero-order valence-electron chi connectivity index (χ0n) is 18.1. The molecule has 1 aromatic carbocycles. The zero-order chi connectivity index (χ0) is 22.0. The molecule has 2 heterocycles. The van der Waals surface area contributed by atoms with Gasteiger partial charge in [-0.25, -0.2) is 4.79 Å². The molecule has 2 aliphatic rings. The number of allylic oxidation sites excluding steroid dienone is 1. The molecule has 1 saturated heterocycles. The number of likely N-dealkylation sites (tertiary alicyclic amines) is 1. The fourth-order valence-electron chi connectivity index (χ4n) is 3.71. The lowest BCUT2D eigenvalue weighted by atomic mass is 10.0. The van der Waals surface area contributed by atoms with Gasteiger partial charge in [0.05, 0.1) is 17.3 Å². The maximum atomic E-state index is 11.6. The molecule has 2 aromatic rings. The van der Waals surface area contributed by atoms with Gasteiger partial charge in [-0.2, -0.15) is 9.67 Å².